The molecule has 2 fully saturated rings. The molecule has 2 heterocycles. The number of piperidine rings is 1. The summed E-state index contributed by atoms with van der Waals surface area (Å²) in [5.41, 5.74) is 0. The minimum absolute atomic E-state index is 0.0159. The van der Waals surface area contributed by atoms with Gasteiger partial charge in [-0.3, -0.25) is 4.79 Å². The molecule has 1 N–H and O–H groups in total. The molecule has 0 aromatic rings. The van der Waals surface area contributed by atoms with E-state index in [0.717, 1.165) is 18.5 Å². The number of hydrogen-bond acceptors (Lipinski definition) is 3. The van der Waals surface area contributed by atoms with Crippen molar-refractivity contribution < 1.29 is 4.79 Å². The minimum atomic E-state index is -0.0159. The topological polar surface area (TPSA) is 35.6 Å². The molecule has 116 valence electrons. The average Bonchev–Trinajstić information content (AvgIpc) is 2.60. The summed E-state index contributed by atoms with van der Waals surface area (Å²) in [6.45, 7) is 4.38. The molecule has 3 atom stereocenters. The summed E-state index contributed by atoms with van der Waals surface area (Å²) in [4.78, 5) is 16.6. The van der Waals surface area contributed by atoms with E-state index in [0.29, 0.717) is 12.0 Å². The first-order valence-electron chi connectivity index (χ1n) is 8.07. The van der Waals surface area contributed by atoms with E-state index in [4.69, 9.17) is 0 Å². The molecule has 4 heteroatoms. The van der Waals surface area contributed by atoms with Gasteiger partial charge in [0, 0.05) is 32.2 Å². The van der Waals surface area contributed by atoms with Crippen molar-refractivity contribution in [3.05, 3.63) is 0 Å². The normalized spacial score (nSPS) is 31.6. The zero-order valence-corrected chi connectivity index (χ0v) is 13.7. The number of carbonyl (C=O) groups excluding carboxylic acids is 1. The van der Waals surface area contributed by atoms with Crippen molar-refractivity contribution >= 4 is 5.91 Å². The van der Waals surface area contributed by atoms with E-state index in [1.807, 2.05) is 14.1 Å². The number of hydrogen-bond donors (Lipinski definition) is 1. The van der Waals surface area contributed by atoms with Crippen LogP contribution in [0.15, 0.2) is 0 Å². The smallest absolute Gasteiger partial charge is 0.239 e. The molecule has 0 spiro atoms. The third-order valence-corrected chi connectivity index (χ3v) is 4.98. The molecule has 0 radical (unpaired) electrons. The largest absolute Gasteiger partial charge is 0.347 e. The summed E-state index contributed by atoms with van der Waals surface area (Å²) in [7, 11) is 5.97. The number of nitrogens with one attached hydrogen (secondary N) is 1. The van der Waals surface area contributed by atoms with Crippen LogP contribution in [0, 0.1) is 5.92 Å². The Labute approximate surface area is 123 Å². The molecule has 0 saturated carbocycles. The molecule has 2 aliphatic heterocycles. The van der Waals surface area contributed by atoms with Gasteiger partial charge >= 0.3 is 0 Å². The van der Waals surface area contributed by atoms with E-state index >= 15 is 0 Å². The molecular formula is C16H31N3O. The summed E-state index contributed by atoms with van der Waals surface area (Å²) in [6, 6.07) is 1.94. The van der Waals surface area contributed by atoms with Crippen LogP contribution in [0.1, 0.15) is 46.0 Å². The lowest BCUT2D eigenvalue weighted by atomic mass is 9.95. The standard InChI is InChI=1S/C16H31N3O/c1-11(2)8-15(16(20)18(3)4)17-12-9-13-6-7-14(10-12)19(13)5/h11-15,17H,6-10H2,1-5H3. The highest BCUT2D eigenvalue weighted by molar-refractivity contribution is 5.81. The monoisotopic (exact) mass is 281 g/mol. The van der Waals surface area contributed by atoms with Gasteiger partial charge in [0.1, 0.15) is 0 Å². The van der Waals surface area contributed by atoms with Crippen LogP contribution in [-0.4, -0.2) is 61.0 Å². The van der Waals surface area contributed by atoms with Crippen molar-refractivity contribution in [3.8, 4) is 0 Å². The maximum Gasteiger partial charge on any atom is 0.239 e. The molecule has 1 amide bonds. The number of carbonyl (C=O) groups is 1. The summed E-state index contributed by atoms with van der Waals surface area (Å²) in [6.07, 6.45) is 5.98. The number of amides is 1. The highest BCUT2D eigenvalue weighted by Crippen LogP contribution is 2.34. The Balaban J connectivity index is 1.96. The quantitative estimate of drug-likeness (QED) is 0.833. The van der Waals surface area contributed by atoms with Crippen molar-refractivity contribution in [1.29, 1.82) is 0 Å². The van der Waals surface area contributed by atoms with E-state index in [1.54, 1.807) is 4.90 Å². The van der Waals surface area contributed by atoms with Crippen molar-refractivity contribution in [3.63, 3.8) is 0 Å². The zero-order valence-electron chi connectivity index (χ0n) is 13.7. The van der Waals surface area contributed by atoms with Crippen molar-refractivity contribution in [2.24, 2.45) is 5.92 Å². The third-order valence-electron chi connectivity index (χ3n) is 4.98. The fraction of sp³-hybridized carbons (Fsp3) is 0.938. The Morgan fingerprint density at radius 2 is 1.80 bits per heavy atom. The fourth-order valence-corrected chi connectivity index (χ4v) is 3.86. The second-order valence-corrected chi connectivity index (χ2v) is 7.30. The maximum absolute atomic E-state index is 12.3. The first kappa shape index (κ1) is 15.8. The molecule has 3 unspecified atom stereocenters. The Morgan fingerprint density at radius 1 is 1.25 bits per heavy atom. The lowest BCUT2D eigenvalue weighted by Crippen LogP contribution is -2.53. The Hall–Kier alpha value is -0.610. The van der Waals surface area contributed by atoms with E-state index in [9.17, 15) is 4.79 Å². The summed E-state index contributed by atoms with van der Waals surface area (Å²) < 4.78 is 0. The lowest BCUT2D eigenvalue weighted by Gasteiger charge is -2.38. The van der Waals surface area contributed by atoms with Gasteiger partial charge < -0.3 is 15.1 Å². The molecule has 2 bridgehead atoms. The molecule has 2 rings (SSSR count). The van der Waals surface area contributed by atoms with E-state index in [2.05, 4.69) is 31.1 Å². The SMILES string of the molecule is CC(C)CC(NC1CC2CCC(C1)N2C)C(=O)N(C)C. The molecule has 0 aromatic carbocycles. The first-order chi connectivity index (χ1) is 9.38. The van der Waals surface area contributed by atoms with Gasteiger partial charge in [-0.15, -0.1) is 0 Å². The number of nitrogens with zero attached hydrogens (tertiary/aromatic N) is 2. The molecule has 0 aromatic heterocycles. The predicted molar refractivity (Wildman–Crippen MR) is 82.7 cm³/mol. The molecule has 2 aliphatic rings. The molecule has 2 saturated heterocycles. The maximum atomic E-state index is 12.3. The van der Waals surface area contributed by atoms with Gasteiger partial charge in [0.2, 0.25) is 5.91 Å². The second-order valence-electron chi connectivity index (χ2n) is 7.30. The van der Waals surface area contributed by atoms with Gasteiger partial charge in [0.15, 0.2) is 0 Å². The van der Waals surface area contributed by atoms with Crippen LogP contribution in [0.5, 0.6) is 0 Å². The Kier molecular flexibility index (Phi) is 5.08. The van der Waals surface area contributed by atoms with E-state index in [1.165, 1.54) is 25.7 Å². The van der Waals surface area contributed by atoms with Crippen molar-refractivity contribution in [2.45, 2.75) is 70.1 Å². The van der Waals surface area contributed by atoms with Gasteiger partial charge in [0.05, 0.1) is 6.04 Å². The van der Waals surface area contributed by atoms with Crippen LogP contribution in [0.4, 0.5) is 0 Å². The number of rotatable bonds is 5. The van der Waals surface area contributed by atoms with Gasteiger partial charge in [-0.2, -0.15) is 0 Å². The van der Waals surface area contributed by atoms with Crippen LogP contribution in [0.25, 0.3) is 0 Å². The Morgan fingerprint density at radius 3 is 2.25 bits per heavy atom. The van der Waals surface area contributed by atoms with Crippen LogP contribution in [-0.2, 0) is 4.79 Å². The zero-order chi connectivity index (χ0) is 14.9. The lowest BCUT2D eigenvalue weighted by molar-refractivity contribution is -0.131. The summed E-state index contributed by atoms with van der Waals surface area (Å²) >= 11 is 0. The minimum Gasteiger partial charge on any atom is -0.347 e. The fourth-order valence-electron chi connectivity index (χ4n) is 3.86. The van der Waals surface area contributed by atoms with Gasteiger partial charge in [0.25, 0.3) is 0 Å². The average molecular weight is 281 g/mol. The van der Waals surface area contributed by atoms with Crippen LogP contribution < -0.4 is 5.32 Å². The summed E-state index contributed by atoms with van der Waals surface area (Å²) in [5.74, 6) is 0.768. The highest BCUT2D eigenvalue weighted by atomic mass is 16.2. The molecule has 20 heavy (non-hydrogen) atoms. The first-order valence-corrected chi connectivity index (χ1v) is 8.07. The van der Waals surface area contributed by atoms with E-state index in [-0.39, 0.29) is 11.9 Å². The third kappa shape index (κ3) is 3.53. The summed E-state index contributed by atoms with van der Waals surface area (Å²) in [5, 5.41) is 3.67. The van der Waals surface area contributed by atoms with E-state index < -0.39 is 0 Å². The van der Waals surface area contributed by atoms with Gasteiger partial charge in [-0.05, 0) is 45.1 Å². The highest BCUT2D eigenvalue weighted by Gasteiger charge is 2.39. The van der Waals surface area contributed by atoms with Gasteiger partial charge in [-0.25, -0.2) is 0 Å². The number of fused-ring (bicyclic) bond motifs is 2. The molecule has 0 aliphatic carbocycles. The van der Waals surface area contributed by atoms with Crippen LogP contribution in [0.3, 0.4) is 0 Å². The van der Waals surface area contributed by atoms with Crippen LogP contribution in [0.2, 0.25) is 0 Å². The van der Waals surface area contributed by atoms with Crippen molar-refractivity contribution in [1.82, 2.24) is 15.1 Å². The second kappa shape index (κ2) is 6.44. The van der Waals surface area contributed by atoms with Crippen molar-refractivity contribution in [2.75, 3.05) is 21.1 Å². The predicted octanol–water partition coefficient (Wildman–Crippen LogP) is 1.70. The van der Waals surface area contributed by atoms with Gasteiger partial charge in [-0.1, -0.05) is 13.8 Å². The molecule has 4 nitrogen and oxygen atoms in total. The Bertz CT molecular complexity index is 329. The number of likely N-dealkylation sites (N-methyl/N-ethyl adjacent to an activating group) is 1. The van der Waals surface area contributed by atoms with Crippen LogP contribution >= 0.6 is 0 Å². The molecular weight excluding hydrogens is 250 g/mol.